The van der Waals surface area contributed by atoms with E-state index in [4.69, 9.17) is 15.2 Å². The molecule has 0 saturated carbocycles. The van der Waals surface area contributed by atoms with Crippen molar-refractivity contribution in [1.82, 2.24) is 9.55 Å². The van der Waals surface area contributed by atoms with Crippen LogP contribution in [0.4, 0.5) is 0 Å². The zero-order chi connectivity index (χ0) is 14.7. The zero-order valence-corrected chi connectivity index (χ0v) is 12.4. The minimum atomic E-state index is -0.0451. The predicted octanol–water partition coefficient (Wildman–Crippen LogP) is 2.61. The van der Waals surface area contributed by atoms with Gasteiger partial charge in [0, 0.05) is 18.2 Å². The number of methoxy groups -OCH3 is 2. The van der Waals surface area contributed by atoms with Crippen molar-refractivity contribution in [2.75, 3.05) is 14.2 Å². The number of nitrogens with two attached hydrogens (primary N) is 1. The quantitative estimate of drug-likeness (QED) is 0.911. The van der Waals surface area contributed by atoms with Gasteiger partial charge >= 0.3 is 0 Å². The average Bonchev–Trinajstić information content (AvgIpc) is 2.90. The molecule has 1 atom stereocenters. The lowest BCUT2D eigenvalue weighted by Crippen LogP contribution is -2.12. The van der Waals surface area contributed by atoms with Crippen molar-refractivity contribution in [3.63, 3.8) is 0 Å². The van der Waals surface area contributed by atoms with Gasteiger partial charge in [0.15, 0.2) is 11.5 Å². The summed E-state index contributed by atoms with van der Waals surface area (Å²) in [6.45, 7) is 4.86. The van der Waals surface area contributed by atoms with Gasteiger partial charge < -0.3 is 19.8 Å². The van der Waals surface area contributed by atoms with Crippen LogP contribution in [0.25, 0.3) is 11.4 Å². The lowest BCUT2D eigenvalue weighted by Gasteiger charge is -2.13. The van der Waals surface area contributed by atoms with E-state index in [1.807, 2.05) is 31.3 Å². The SMILES string of the molecule is CCn1c(C(C)N)cnc1-c1ccc(OC)c(OC)c1. The summed E-state index contributed by atoms with van der Waals surface area (Å²) in [7, 11) is 3.25. The summed E-state index contributed by atoms with van der Waals surface area (Å²) in [5.41, 5.74) is 7.99. The minimum absolute atomic E-state index is 0.0451. The minimum Gasteiger partial charge on any atom is -0.493 e. The first-order valence-corrected chi connectivity index (χ1v) is 6.65. The molecule has 0 aliphatic heterocycles. The van der Waals surface area contributed by atoms with Crippen molar-refractivity contribution in [1.29, 1.82) is 0 Å². The highest BCUT2D eigenvalue weighted by Crippen LogP contribution is 2.32. The molecule has 0 aliphatic carbocycles. The van der Waals surface area contributed by atoms with Gasteiger partial charge in [-0.2, -0.15) is 0 Å². The Morgan fingerprint density at radius 1 is 1.25 bits per heavy atom. The third-order valence-electron chi connectivity index (χ3n) is 3.31. The second kappa shape index (κ2) is 5.96. The molecule has 0 saturated heterocycles. The topological polar surface area (TPSA) is 62.3 Å². The molecule has 1 heterocycles. The van der Waals surface area contributed by atoms with E-state index in [1.165, 1.54) is 0 Å². The molecule has 0 spiro atoms. The standard InChI is InChI=1S/C15H21N3O2/c1-5-18-12(10(2)16)9-17-15(18)11-6-7-13(19-3)14(8-11)20-4/h6-10H,5,16H2,1-4H3. The molecule has 5 heteroatoms. The van der Waals surface area contributed by atoms with Crippen molar-refractivity contribution in [2.45, 2.75) is 26.4 Å². The monoisotopic (exact) mass is 275 g/mol. The van der Waals surface area contributed by atoms with Crippen LogP contribution in [0.5, 0.6) is 11.5 Å². The number of hydrogen-bond donors (Lipinski definition) is 1. The molecular weight excluding hydrogens is 254 g/mol. The number of benzene rings is 1. The second-order valence-corrected chi connectivity index (χ2v) is 4.61. The fraction of sp³-hybridized carbons (Fsp3) is 0.400. The maximum absolute atomic E-state index is 5.98. The summed E-state index contributed by atoms with van der Waals surface area (Å²) < 4.78 is 12.7. The normalized spacial score (nSPS) is 12.2. The lowest BCUT2D eigenvalue weighted by atomic mass is 10.2. The largest absolute Gasteiger partial charge is 0.493 e. The van der Waals surface area contributed by atoms with Crippen molar-refractivity contribution < 1.29 is 9.47 Å². The first-order valence-electron chi connectivity index (χ1n) is 6.65. The lowest BCUT2D eigenvalue weighted by molar-refractivity contribution is 0.355. The van der Waals surface area contributed by atoms with Crippen LogP contribution in [-0.4, -0.2) is 23.8 Å². The summed E-state index contributed by atoms with van der Waals surface area (Å²) in [4.78, 5) is 4.50. The van der Waals surface area contributed by atoms with Crippen LogP contribution in [0.3, 0.4) is 0 Å². The van der Waals surface area contributed by atoms with Gasteiger partial charge in [-0.05, 0) is 32.0 Å². The molecule has 0 aliphatic rings. The van der Waals surface area contributed by atoms with E-state index in [9.17, 15) is 0 Å². The molecular formula is C15H21N3O2. The summed E-state index contributed by atoms with van der Waals surface area (Å²) in [6, 6.07) is 5.74. The number of ether oxygens (including phenoxy) is 2. The van der Waals surface area contributed by atoms with E-state index in [2.05, 4.69) is 16.5 Å². The van der Waals surface area contributed by atoms with Crippen molar-refractivity contribution in [3.05, 3.63) is 30.1 Å². The highest BCUT2D eigenvalue weighted by atomic mass is 16.5. The molecule has 20 heavy (non-hydrogen) atoms. The molecule has 0 bridgehead atoms. The van der Waals surface area contributed by atoms with Gasteiger partial charge in [0.05, 0.1) is 26.1 Å². The fourth-order valence-corrected chi connectivity index (χ4v) is 2.29. The molecule has 108 valence electrons. The zero-order valence-electron chi connectivity index (χ0n) is 12.4. The number of imidazole rings is 1. The molecule has 0 amide bonds. The van der Waals surface area contributed by atoms with Crippen LogP contribution in [0.1, 0.15) is 25.6 Å². The van der Waals surface area contributed by atoms with Crippen LogP contribution in [-0.2, 0) is 6.54 Å². The fourth-order valence-electron chi connectivity index (χ4n) is 2.29. The smallest absolute Gasteiger partial charge is 0.161 e. The van der Waals surface area contributed by atoms with Crippen molar-refractivity contribution in [3.8, 4) is 22.9 Å². The first kappa shape index (κ1) is 14.4. The maximum Gasteiger partial charge on any atom is 0.161 e. The summed E-state index contributed by atoms with van der Waals surface area (Å²) in [6.07, 6.45) is 1.83. The Morgan fingerprint density at radius 3 is 2.50 bits per heavy atom. The summed E-state index contributed by atoms with van der Waals surface area (Å²) >= 11 is 0. The van der Waals surface area contributed by atoms with Crippen LogP contribution < -0.4 is 15.2 Å². The Hall–Kier alpha value is -2.01. The van der Waals surface area contributed by atoms with E-state index in [-0.39, 0.29) is 6.04 Å². The third-order valence-corrected chi connectivity index (χ3v) is 3.31. The van der Waals surface area contributed by atoms with Gasteiger partial charge in [0.2, 0.25) is 0 Å². The van der Waals surface area contributed by atoms with Crippen molar-refractivity contribution >= 4 is 0 Å². The molecule has 1 aromatic carbocycles. The van der Waals surface area contributed by atoms with Gasteiger partial charge in [-0.15, -0.1) is 0 Å². The molecule has 1 unspecified atom stereocenters. The number of aromatic nitrogens is 2. The van der Waals surface area contributed by atoms with E-state index in [0.29, 0.717) is 11.5 Å². The van der Waals surface area contributed by atoms with Crippen molar-refractivity contribution in [2.24, 2.45) is 5.73 Å². The Balaban J connectivity index is 2.51. The second-order valence-electron chi connectivity index (χ2n) is 4.61. The van der Waals surface area contributed by atoms with E-state index < -0.39 is 0 Å². The van der Waals surface area contributed by atoms with Crippen LogP contribution in [0.2, 0.25) is 0 Å². The average molecular weight is 275 g/mol. The number of rotatable bonds is 5. The van der Waals surface area contributed by atoms with E-state index in [0.717, 1.165) is 23.6 Å². The Bertz CT molecular complexity index is 591. The van der Waals surface area contributed by atoms with E-state index >= 15 is 0 Å². The van der Waals surface area contributed by atoms with Crippen LogP contribution in [0.15, 0.2) is 24.4 Å². The Morgan fingerprint density at radius 2 is 1.95 bits per heavy atom. The van der Waals surface area contributed by atoms with Crippen LogP contribution >= 0.6 is 0 Å². The molecule has 0 radical (unpaired) electrons. The van der Waals surface area contributed by atoms with E-state index in [1.54, 1.807) is 14.2 Å². The number of nitrogens with zero attached hydrogens (tertiary/aromatic N) is 2. The maximum atomic E-state index is 5.98. The highest BCUT2D eigenvalue weighted by Gasteiger charge is 2.15. The van der Waals surface area contributed by atoms with Gasteiger partial charge in [-0.25, -0.2) is 4.98 Å². The van der Waals surface area contributed by atoms with Gasteiger partial charge in [-0.3, -0.25) is 0 Å². The molecule has 2 rings (SSSR count). The molecule has 0 fully saturated rings. The molecule has 1 aromatic heterocycles. The van der Waals surface area contributed by atoms with Gasteiger partial charge in [0.1, 0.15) is 5.82 Å². The summed E-state index contributed by atoms with van der Waals surface area (Å²) in [5.74, 6) is 2.29. The van der Waals surface area contributed by atoms with Gasteiger partial charge in [0.25, 0.3) is 0 Å². The van der Waals surface area contributed by atoms with Gasteiger partial charge in [-0.1, -0.05) is 0 Å². The highest BCUT2D eigenvalue weighted by molar-refractivity contribution is 5.62. The van der Waals surface area contributed by atoms with Crippen LogP contribution in [0, 0.1) is 0 Å². The molecule has 2 aromatic rings. The summed E-state index contributed by atoms with van der Waals surface area (Å²) in [5, 5.41) is 0. The third kappa shape index (κ3) is 2.49. The Kier molecular flexibility index (Phi) is 4.29. The Labute approximate surface area is 119 Å². The predicted molar refractivity (Wildman–Crippen MR) is 79.0 cm³/mol. The number of hydrogen-bond acceptors (Lipinski definition) is 4. The molecule has 5 nitrogen and oxygen atoms in total. The first-order chi connectivity index (χ1) is 9.62. The molecule has 2 N–H and O–H groups in total.